The molecule has 0 aliphatic heterocycles. The van der Waals surface area contributed by atoms with E-state index >= 15 is 0 Å². The number of Topliss-reactive ketones (excluding diaryl/α,β-unsaturated/α-hetero) is 1. The lowest BCUT2D eigenvalue weighted by molar-refractivity contribution is -0.136. The van der Waals surface area contributed by atoms with Gasteiger partial charge in [0.1, 0.15) is 5.78 Å². The van der Waals surface area contributed by atoms with Gasteiger partial charge >= 0.3 is 0 Å². The molecule has 0 saturated heterocycles. The van der Waals surface area contributed by atoms with E-state index in [1.807, 2.05) is 13.0 Å². The van der Waals surface area contributed by atoms with Crippen LogP contribution in [0, 0.1) is 22.7 Å². The van der Waals surface area contributed by atoms with E-state index in [2.05, 4.69) is 13.8 Å². The summed E-state index contributed by atoms with van der Waals surface area (Å²) in [6, 6.07) is 0. The monoisotopic (exact) mass is 386 g/mol. The zero-order valence-electron chi connectivity index (χ0n) is 17.8. The molecule has 0 aromatic carbocycles. The molecule has 4 rings (SSSR count). The number of fused-ring (bicyclic) bond motifs is 4. The maximum Gasteiger partial charge on any atom is 0.300 e. The molecule has 0 amide bonds. The SMILES string of the molecule is CC(=O)O.CCC(=O)[C@@]1(C)CC[C@H]2[C@@H]3CCC4=CC(=O)CCC4=C3CC[C@@]21C. The summed E-state index contributed by atoms with van der Waals surface area (Å²) in [4.78, 5) is 33.5. The highest BCUT2D eigenvalue weighted by Crippen LogP contribution is 2.67. The molecule has 0 spiro atoms. The summed E-state index contributed by atoms with van der Waals surface area (Å²) < 4.78 is 0. The molecule has 0 aromatic heterocycles. The zero-order chi connectivity index (χ0) is 20.7. The van der Waals surface area contributed by atoms with Crippen LogP contribution >= 0.6 is 0 Å². The highest BCUT2D eigenvalue weighted by Gasteiger charge is 2.61. The first kappa shape index (κ1) is 21.0. The molecule has 2 saturated carbocycles. The molecule has 4 atom stereocenters. The molecule has 0 bridgehead atoms. The third-order valence-corrected chi connectivity index (χ3v) is 8.27. The van der Waals surface area contributed by atoms with Crippen LogP contribution < -0.4 is 0 Å². The molecule has 0 aromatic rings. The van der Waals surface area contributed by atoms with Crippen LogP contribution in [0.1, 0.15) is 85.5 Å². The average Bonchev–Trinajstić information content (AvgIpc) is 2.92. The smallest absolute Gasteiger partial charge is 0.300 e. The van der Waals surface area contributed by atoms with Crippen LogP contribution in [0.4, 0.5) is 0 Å². The van der Waals surface area contributed by atoms with Gasteiger partial charge in [-0.05, 0) is 79.4 Å². The van der Waals surface area contributed by atoms with Crippen LogP contribution in [-0.2, 0) is 14.4 Å². The molecular formula is C24H34O4. The first-order valence-corrected chi connectivity index (χ1v) is 10.8. The van der Waals surface area contributed by atoms with Crippen molar-refractivity contribution in [2.24, 2.45) is 22.7 Å². The van der Waals surface area contributed by atoms with Gasteiger partial charge in [0, 0.05) is 25.2 Å². The molecule has 4 aliphatic carbocycles. The van der Waals surface area contributed by atoms with Gasteiger partial charge in [-0.15, -0.1) is 0 Å². The third-order valence-electron chi connectivity index (χ3n) is 8.27. The summed E-state index contributed by atoms with van der Waals surface area (Å²) in [5.74, 6) is 1.28. The van der Waals surface area contributed by atoms with Crippen LogP contribution in [0.25, 0.3) is 0 Å². The summed E-state index contributed by atoms with van der Waals surface area (Å²) in [5.41, 5.74) is 4.58. The third kappa shape index (κ3) is 3.29. The van der Waals surface area contributed by atoms with Crippen molar-refractivity contribution < 1.29 is 19.5 Å². The Balaban J connectivity index is 0.000000516. The molecule has 4 nitrogen and oxygen atoms in total. The van der Waals surface area contributed by atoms with E-state index in [-0.39, 0.29) is 10.8 Å². The number of hydrogen-bond donors (Lipinski definition) is 1. The van der Waals surface area contributed by atoms with E-state index in [1.165, 1.54) is 24.0 Å². The Morgan fingerprint density at radius 3 is 2.43 bits per heavy atom. The number of allylic oxidation sites excluding steroid dienone is 4. The summed E-state index contributed by atoms with van der Waals surface area (Å²) in [6.07, 6.45) is 11.1. The maximum atomic E-state index is 12.8. The quantitative estimate of drug-likeness (QED) is 0.702. The zero-order valence-corrected chi connectivity index (χ0v) is 17.8. The van der Waals surface area contributed by atoms with E-state index < -0.39 is 5.97 Å². The lowest BCUT2D eigenvalue weighted by Gasteiger charge is -2.52. The van der Waals surface area contributed by atoms with Crippen LogP contribution in [0.15, 0.2) is 22.8 Å². The van der Waals surface area contributed by atoms with Crippen molar-refractivity contribution in [1.82, 2.24) is 0 Å². The van der Waals surface area contributed by atoms with Gasteiger partial charge in [0.2, 0.25) is 0 Å². The fourth-order valence-electron chi connectivity index (χ4n) is 6.65. The van der Waals surface area contributed by atoms with Crippen molar-refractivity contribution in [2.45, 2.75) is 85.5 Å². The van der Waals surface area contributed by atoms with E-state index in [0.717, 1.165) is 39.0 Å². The summed E-state index contributed by atoms with van der Waals surface area (Å²) >= 11 is 0. The molecule has 1 N–H and O–H groups in total. The number of carbonyl (C=O) groups excluding carboxylic acids is 2. The molecule has 0 radical (unpaired) electrons. The number of carboxylic acids is 1. The Bertz CT molecular complexity index is 755. The summed E-state index contributed by atoms with van der Waals surface area (Å²) in [5, 5.41) is 7.42. The van der Waals surface area contributed by atoms with Crippen LogP contribution in [-0.4, -0.2) is 22.6 Å². The van der Waals surface area contributed by atoms with Gasteiger partial charge in [0.25, 0.3) is 5.97 Å². The fraction of sp³-hybridized carbons (Fsp3) is 0.708. The van der Waals surface area contributed by atoms with E-state index in [1.54, 1.807) is 5.57 Å². The van der Waals surface area contributed by atoms with Gasteiger partial charge in [-0.3, -0.25) is 14.4 Å². The topological polar surface area (TPSA) is 71.4 Å². The Kier molecular flexibility index (Phi) is 5.71. The Morgan fingerprint density at radius 2 is 1.79 bits per heavy atom. The van der Waals surface area contributed by atoms with Crippen molar-refractivity contribution >= 4 is 17.5 Å². The highest BCUT2D eigenvalue weighted by molar-refractivity contribution is 5.93. The van der Waals surface area contributed by atoms with Crippen molar-refractivity contribution in [2.75, 3.05) is 0 Å². The normalized spacial score (nSPS) is 36.4. The second-order valence-corrected chi connectivity index (χ2v) is 9.48. The Labute approximate surface area is 168 Å². The van der Waals surface area contributed by atoms with Crippen LogP contribution in [0.2, 0.25) is 0 Å². The number of carbonyl (C=O) groups is 3. The molecule has 2 fully saturated rings. The summed E-state index contributed by atoms with van der Waals surface area (Å²) in [6.45, 7) is 7.77. The van der Waals surface area contributed by atoms with Crippen molar-refractivity contribution in [3.8, 4) is 0 Å². The predicted molar refractivity (Wildman–Crippen MR) is 109 cm³/mol. The lowest BCUT2D eigenvalue weighted by atomic mass is 9.51. The number of ketones is 2. The Morgan fingerprint density at radius 1 is 1.11 bits per heavy atom. The Hall–Kier alpha value is -1.71. The minimum absolute atomic E-state index is 0.124. The predicted octanol–water partition coefficient (Wildman–Crippen LogP) is 5.27. The van der Waals surface area contributed by atoms with Crippen molar-refractivity contribution in [3.63, 3.8) is 0 Å². The highest BCUT2D eigenvalue weighted by atomic mass is 16.4. The number of aliphatic carboxylic acids is 1. The second kappa shape index (κ2) is 7.61. The van der Waals surface area contributed by atoms with Crippen LogP contribution in [0.3, 0.4) is 0 Å². The van der Waals surface area contributed by atoms with E-state index in [4.69, 9.17) is 9.90 Å². The van der Waals surface area contributed by atoms with Gasteiger partial charge < -0.3 is 5.11 Å². The summed E-state index contributed by atoms with van der Waals surface area (Å²) in [7, 11) is 0. The van der Waals surface area contributed by atoms with Crippen molar-refractivity contribution in [1.29, 1.82) is 0 Å². The molecule has 154 valence electrons. The van der Waals surface area contributed by atoms with E-state index in [9.17, 15) is 9.59 Å². The molecule has 4 heteroatoms. The molecule has 28 heavy (non-hydrogen) atoms. The number of carboxylic acid groups (broad SMARTS) is 1. The van der Waals surface area contributed by atoms with Gasteiger partial charge in [-0.25, -0.2) is 0 Å². The average molecular weight is 387 g/mol. The largest absolute Gasteiger partial charge is 0.481 e. The van der Waals surface area contributed by atoms with E-state index in [0.29, 0.717) is 36.2 Å². The maximum absolute atomic E-state index is 12.8. The minimum Gasteiger partial charge on any atom is -0.481 e. The van der Waals surface area contributed by atoms with Gasteiger partial charge in [0.05, 0.1) is 0 Å². The second-order valence-electron chi connectivity index (χ2n) is 9.48. The van der Waals surface area contributed by atoms with Crippen LogP contribution in [0.5, 0.6) is 0 Å². The molecule has 4 aliphatic rings. The molecular weight excluding hydrogens is 352 g/mol. The number of rotatable bonds is 2. The lowest BCUT2D eigenvalue weighted by Crippen LogP contribution is -2.47. The number of hydrogen-bond acceptors (Lipinski definition) is 3. The minimum atomic E-state index is -0.833. The first-order chi connectivity index (χ1) is 13.1. The molecule has 0 heterocycles. The standard InChI is InChI=1S/C22H30O2.C2H4O2/c1-4-20(24)22(3)12-10-19-18-7-5-14-13-15(23)6-8-16(14)17(18)9-11-21(19,22)2;1-2(3)4/h13,18-19H,4-12H2,1-3H3;1H3,(H,3,4)/t18-,19+,21+,22-;/m1./s1. The van der Waals surface area contributed by atoms with Gasteiger partial charge in [-0.2, -0.15) is 0 Å². The first-order valence-electron chi connectivity index (χ1n) is 10.8. The van der Waals surface area contributed by atoms with Gasteiger partial charge in [0.15, 0.2) is 5.78 Å². The molecule has 0 unspecified atom stereocenters. The fourth-order valence-corrected chi connectivity index (χ4v) is 6.65. The van der Waals surface area contributed by atoms with Crippen molar-refractivity contribution in [3.05, 3.63) is 22.8 Å². The van der Waals surface area contributed by atoms with Gasteiger partial charge in [-0.1, -0.05) is 26.3 Å².